The first-order valence-electron chi connectivity index (χ1n) is 6.30. The van der Waals surface area contributed by atoms with Gasteiger partial charge in [0.25, 0.3) is 0 Å². The highest BCUT2D eigenvalue weighted by Gasteiger charge is 2.22. The molecule has 104 valence electrons. The van der Waals surface area contributed by atoms with Crippen LogP contribution in [0, 0.1) is 0 Å². The van der Waals surface area contributed by atoms with Crippen LogP contribution in [0.15, 0.2) is 24.3 Å². The molecule has 0 unspecified atom stereocenters. The van der Waals surface area contributed by atoms with Crippen molar-refractivity contribution >= 4 is 11.9 Å². The molecule has 0 atom stereocenters. The monoisotopic (exact) mass is 264 g/mol. The van der Waals surface area contributed by atoms with Crippen LogP contribution in [0.5, 0.6) is 0 Å². The van der Waals surface area contributed by atoms with Gasteiger partial charge in [-0.1, -0.05) is 37.9 Å². The molecule has 0 aliphatic heterocycles. The van der Waals surface area contributed by atoms with Crippen molar-refractivity contribution in [1.82, 2.24) is 10.3 Å². The van der Waals surface area contributed by atoms with Crippen LogP contribution in [-0.2, 0) is 5.41 Å². The van der Waals surface area contributed by atoms with Gasteiger partial charge in [-0.3, -0.25) is 4.79 Å². The first-order valence-corrected chi connectivity index (χ1v) is 6.30. The van der Waals surface area contributed by atoms with Crippen molar-refractivity contribution in [1.29, 1.82) is 0 Å². The molecule has 5 heteroatoms. The summed E-state index contributed by atoms with van der Waals surface area (Å²) in [6, 6.07) is 6.76. The van der Waals surface area contributed by atoms with E-state index < -0.39 is 11.9 Å². The van der Waals surface area contributed by atoms with E-state index in [0.717, 1.165) is 10.6 Å². The molecule has 0 fully saturated rings. The molecule has 0 aromatic heterocycles. The number of imide groups is 1. The number of rotatable bonds is 2. The van der Waals surface area contributed by atoms with Gasteiger partial charge < -0.3 is 5.32 Å². The Bertz CT molecular complexity index is 461. The van der Waals surface area contributed by atoms with Gasteiger partial charge in [-0.05, 0) is 30.0 Å². The van der Waals surface area contributed by atoms with Crippen LogP contribution in [0.2, 0.25) is 0 Å². The van der Waals surface area contributed by atoms with E-state index in [-0.39, 0.29) is 5.41 Å². The predicted molar refractivity (Wildman–Crippen MR) is 73.3 cm³/mol. The van der Waals surface area contributed by atoms with Crippen molar-refractivity contribution in [3.63, 3.8) is 0 Å². The molecule has 1 rings (SSSR count). The molecule has 0 aliphatic rings. The highest BCUT2D eigenvalue weighted by atomic mass is 16.2. The van der Waals surface area contributed by atoms with Gasteiger partial charge in [-0.2, -0.15) is 0 Å². The van der Waals surface area contributed by atoms with Crippen LogP contribution in [0.1, 0.15) is 43.6 Å². The molecule has 0 heterocycles. The lowest BCUT2D eigenvalue weighted by molar-refractivity contribution is -0.520. The standard InChI is InChI=1S/C14H21N3O2/c1-5-16-13(19)17(15)12(18)10-6-8-11(9-7-10)14(2,3)4/h6-9H,5,15H2,1-4H3,(H,16,19)/p+1. The minimum Gasteiger partial charge on any atom is -0.334 e. The van der Waals surface area contributed by atoms with Crippen molar-refractivity contribution in [2.75, 3.05) is 6.54 Å². The molecule has 0 aliphatic carbocycles. The third-order valence-electron chi connectivity index (χ3n) is 2.82. The third-order valence-corrected chi connectivity index (χ3v) is 2.82. The SMILES string of the molecule is CCNC(=O)N([NH3+])C(=O)c1ccc(C(C)(C)C)cc1. The van der Waals surface area contributed by atoms with E-state index in [1.54, 1.807) is 19.1 Å². The van der Waals surface area contributed by atoms with Crippen LogP contribution in [-0.4, -0.2) is 23.5 Å². The number of benzene rings is 1. The van der Waals surface area contributed by atoms with E-state index in [9.17, 15) is 9.59 Å². The van der Waals surface area contributed by atoms with E-state index >= 15 is 0 Å². The lowest BCUT2D eigenvalue weighted by atomic mass is 9.87. The number of hydrogen-bond donors (Lipinski definition) is 2. The summed E-state index contributed by atoms with van der Waals surface area (Å²) in [5.41, 5.74) is 1.62. The maximum Gasteiger partial charge on any atom is 0.369 e. The van der Waals surface area contributed by atoms with Gasteiger partial charge >= 0.3 is 11.9 Å². The zero-order valence-electron chi connectivity index (χ0n) is 12.0. The molecule has 19 heavy (non-hydrogen) atoms. The van der Waals surface area contributed by atoms with Gasteiger partial charge in [0.2, 0.25) is 0 Å². The van der Waals surface area contributed by atoms with Gasteiger partial charge in [0, 0.05) is 12.1 Å². The number of urea groups is 1. The summed E-state index contributed by atoms with van der Waals surface area (Å²) in [6.45, 7) is 8.56. The summed E-state index contributed by atoms with van der Waals surface area (Å²) >= 11 is 0. The Kier molecular flexibility index (Phi) is 4.67. The van der Waals surface area contributed by atoms with Crippen molar-refractivity contribution in [3.05, 3.63) is 35.4 Å². The molecule has 1 aromatic carbocycles. The lowest BCUT2D eigenvalue weighted by Crippen LogP contribution is -2.73. The predicted octanol–water partition coefficient (Wildman–Crippen LogP) is 1.31. The average Bonchev–Trinajstić information content (AvgIpc) is 2.36. The summed E-state index contributed by atoms with van der Waals surface area (Å²) in [4.78, 5) is 23.5. The number of carbonyl (C=O) groups is 2. The summed E-state index contributed by atoms with van der Waals surface area (Å²) < 4.78 is 0. The highest BCUT2D eigenvalue weighted by molar-refractivity contribution is 6.02. The van der Waals surface area contributed by atoms with Crippen LogP contribution >= 0.6 is 0 Å². The topological polar surface area (TPSA) is 77.1 Å². The second-order valence-electron chi connectivity index (χ2n) is 5.40. The van der Waals surface area contributed by atoms with E-state index in [0.29, 0.717) is 12.1 Å². The fourth-order valence-corrected chi connectivity index (χ4v) is 1.61. The van der Waals surface area contributed by atoms with Gasteiger partial charge in [0.05, 0.1) is 0 Å². The maximum atomic E-state index is 12.0. The van der Waals surface area contributed by atoms with Crippen molar-refractivity contribution < 1.29 is 15.4 Å². The fraction of sp³-hybridized carbons (Fsp3) is 0.429. The van der Waals surface area contributed by atoms with Gasteiger partial charge in [-0.15, -0.1) is 0 Å². The summed E-state index contributed by atoms with van der Waals surface area (Å²) in [6.07, 6.45) is 0. The average molecular weight is 264 g/mol. The Balaban J connectivity index is 2.87. The van der Waals surface area contributed by atoms with Gasteiger partial charge in [0.15, 0.2) is 0 Å². The number of quaternary nitrogens is 1. The summed E-state index contributed by atoms with van der Waals surface area (Å²) in [7, 11) is 0. The van der Waals surface area contributed by atoms with Crippen molar-refractivity contribution in [3.8, 4) is 0 Å². The number of carbonyl (C=O) groups excluding carboxylic acids is 2. The Morgan fingerprint density at radius 1 is 1.21 bits per heavy atom. The molecule has 1 aromatic rings. The first kappa shape index (κ1) is 15.2. The molecule has 0 radical (unpaired) electrons. The quantitative estimate of drug-likeness (QED) is 0.790. The molecule has 5 nitrogen and oxygen atoms in total. The molecule has 0 saturated heterocycles. The number of nitrogens with one attached hydrogen (secondary N) is 1. The molecule has 0 bridgehead atoms. The van der Waals surface area contributed by atoms with Gasteiger partial charge in [-0.25, -0.2) is 10.6 Å². The zero-order chi connectivity index (χ0) is 14.6. The summed E-state index contributed by atoms with van der Waals surface area (Å²) in [5.74, 6) is 3.07. The van der Waals surface area contributed by atoms with E-state index in [1.807, 2.05) is 12.1 Å². The van der Waals surface area contributed by atoms with Crippen LogP contribution in [0.3, 0.4) is 0 Å². The van der Waals surface area contributed by atoms with Crippen molar-refractivity contribution in [2.24, 2.45) is 0 Å². The van der Waals surface area contributed by atoms with Crippen LogP contribution in [0.4, 0.5) is 4.79 Å². The number of hydrogen-bond acceptors (Lipinski definition) is 2. The maximum absolute atomic E-state index is 12.0. The molecule has 3 amide bonds. The van der Waals surface area contributed by atoms with E-state index in [4.69, 9.17) is 0 Å². The molecule has 4 N–H and O–H groups in total. The zero-order valence-corrected chi connectivity index (χ0v) is 12.0. The first-order chi connectivity index (χ1) is 8.77. The second-order valence-corrected chi connectivity index (χ2v) is 5.40. The van der Waals surface area contributed by atoms with Gasteiger partial charge in [0.1, 0.15) is 0 Å². The number of amides is 3. The Morgan fingerprint density at radius 3 is 2.16 bits per heavy atom. The normalized spacial score (nSPS) is 11.0. The smallest absolute Gasteiger partial charge is 0.334 e. The Morgan fingerprint density at radius 2 is 1.74 bits per heavy atom. The van der Waals surface area contributed by atoms with Crippen LogP contribution < -0.4 is 11.2 Å². The molecular weight excluding hydrogens is 242 g/mol. The molecule has 0 saturated carbocycles. The summed E-state index contributed by atoms with van der Waals surface area (Å²) in [5, 5.41) is 3.38. The van der Waals surface area contributed by atoms with E-state index in [2.05, 4.69) is 31.9 Å². The Labute approximate surface area is 113 Å². The second kappa shape index (κ2) is 5.84. The fourth-order valence-electron chi connectivity index (χ4n) is 1.61. The minimum atomic E-state index is -0.493. The van der Waals surface area contributed by atoms with E-state index in [1.165, 1.54) is 0 Å². The molecule has 0 spiro atoms. The van der Waals surface area contributed by atoms with Crippen LogP contribution in [0.25, 0.3) is 0 Å². The molecular formula is C14H22N3O2+. The Hall–Kier alpha value is -1.88. The minimum absolute atomic E-state index is 0.0331. The lowest BCUT2D eigenvalue weighted by Gasteiger charge is -2.19. The number of nitrogens with zero attached hydrogens (tertiary/aromatic N) is 1. The largest absolute Gasteiger partial charge is 0.369 e. The third kappa shape index (κ3) is 3.79. The van der Waals surface area contributed by atoms with Crippen molar-refractivity contribution in [2.45, 2.75) is 33.1 Å². The highest BCUT2D eigenvalue weighted by Crippen LogP contribution is 2.22.